The summed E-state index contributed by atoms with van der Waals surface area (Å²) in [6, 6.07) is 10.6. The molecule has 1 N–H and O–H groups in total. The first-order chi connectivity index (χ1) is 20.9. The molecule has 11 nitrogen and oxygen atoms in total. The minimum atomic E-state index is -0.988. The Labute approximate surface area is 245 Å². The van der Waals surface area contributed by atoms with Crippen molar-refractivity contribution in [1.82, 2.24) is 24.4 Å². The molecule has 2 aliphatic heterocycles. The zero-order valence-corrected chi connectivity index (χ0v) is 23.1. The Morgan fingerprint density at radius 3 is 2.63 bits per heavy atom. The van der Waals surface area contributed by atoms with Crippen LogP contribution in [0.2, 0.25) is 0 Å². The van der Waals surface area contributed by atoms with E-state index in [9.17, 15) is 18.7 Å². The van der Waals surface area contributed by atoms with E-state index in [1.807, 2.05) is 6.07 Å². The zero-order chi connectivity index (χ0) is 29.9. The number of likely N-dealkylation sites (tertiary alicyclic amines) is 1. The second-order valence-electron chi connectivity index (χ2n) is 10.5. The van der Waals surface area contributed by atoms with Gasteiger partial charge >= 0.3 is 5.97 Å². The van der Waals surface area contributed by atoms with E-state index in [0.29, 0.717) is 39.0 Å². The second-order valence-corrected chi connectivity index (χ2v) is 10.5. The number of carbonyl (C=O) groups is 1. The van der Waals surface area contributed by atoms with Crippen LogP contribution in [0, 0.1) is 23.0 Å². The molecule has 0 bridgehead atoms. The highest BCUT2D eigenvalue weighted by molar-refractivity contribution is 5.92. The largest absolute Gasteiger partial charge is 0.483 e. The van der Waals surface area contributed by atoms with Crippen molar-refractivity contribution < 1.29 is 32.9 Å². The van der Waals surface area contributed by atoms with Crippen LogP contribution in [-0.2, 0) is 24.4 Å². The summed E-state index contributed by atoms with van der Waals surface area (Å²) >= 11 is 0. The van der Waals surface area contributed by atoms with Crippen LogP contribution in [0.15, 0.2) is 42.6 Å². The maximum absolute atomic E-state index is 14.5. The molecule has 2 fully saturated rings. The van der Waals surface area contributed by atoms with Crippen LogP contribution in [0.5, 0.6) is 11.6 Å². The van der Waals surface area contributed by atoms with E-state index in [-0.39, 0.29) is 47.4 Å². The van der Waals surface area contributed by atoms with Gasteiger partial charge in [0.05, 0.1) is 53.6 Å². The van der Waals surface area contributed by atoms with Gasteiger partial charge in [0.1, 0.15) is 18.5 Å². The number of hydrogen-bond donors (Lipinski definition) is 1. The summed E-state index contributed by atoms with van der Waals surface area (Å²) in [6.07, 6.45) is 3.00. The molecular weight excluding hydrogens is 562 g/mol. The fraction of sp³-hybridized carbons (Fsp3) is 0.367. The lowest BCUT2D eigenvalue weighted by molar-refractivity contribution is -0.0592. The number of benzene rings is 2. The monoisotopic (exact) mass is 590 g/mol. The van der Waals surface area contributed by atoms with Crippen molar-refractivity contribution >= 4 is 17.0 Å². The standard InChI is InChI=1S/C30H28F2N6O5/c31-22-11-18(13-33)1-4-26(22)42-17-27-34-14-23(32)29(36-27)43-20-5-8-37(9-6-20)16-28-35-24-3-2-19(30(39)40)12-25(24)38(28)15-21-7-10-41-21/h1-4,11-12,14,20-21H,5-10,15-17H2,(H,39,40)/t21-/m0/s1. The molecule has 0 saturated carbocycles. The summed E-state index contributed by atoms with van der Waals surface area (Å²) < 4.78 is 47.7. The number of carboxylic acid groups (broad SMARTS) is 1. The maximum Gasteiger partial charge on any atom is 0.335 e. The van der Waals surface area contributed by atoms with Crippen molar-refractivity contribution in [2.45, 2.75) is 51.2 Å². The van der Waals surface area contributed by atoms with Crippen LogP contribution in [0.3, 0.4) is 0 Å². The van der Waals surface area contributed by atoms with Crippen molar-refractivity contribution in [2.75, 3.05) is 19.7 Å². The van der Waals surface area contributed by atoms with Crippen molar-refractivity contribution in [2.24, 2.45) is 0 Å². The predicted molar refractivity (Wildman–Crippen MR) is 147 cm³/mol. The molecular formula is C30H28F2N6O5. The summed E-state index contributed by atoms with van der Waals surface area (Å²) in [5.74, 6) is -1.69. The number of halogens is 2. The van der Waals surface area contributed by atoms with Gasteiger partial charge in [0.15, 0.2) is 17.4 Å². The van der Waals surface area contributed by atoms with Gasteiger partial charge in [-0.05, 0) is 55.7 Å². The Bertz CT molecular complexity index is 1690. The van der Waals surface area contributed by atoms with Gasteiger partial charge in [-0.1, -0.05) is 0 Å². The number of aromatic nitrogens is 4. The van der Waals surface area contributed by atoms with E-state index < -0.39 is 17.6 Å². The molecule has 43 heavy (non-hydrogen) atoms. The highest BCUT2D eigenvalue weighted by Crippen LogP contribution is 2.26. The van der Waals surface area contributed by atoms with Crippen molar-refractivity contribution in [3.63, 3.8) is 0 Å². The van der Waals surface area contributed by atoms with E-state index in [0.717, 1.165) is 42.1 Å². The Kier molecular flexibility index (Phi) is 8.13. The lowest BCUT2D eigenvalue weighted by Crippen LogP contribution is -2.39. The number of piperidine rings is 1. The number of imidazole rings is 1. The molecule has 4 heterocycles. The van der Waals surface area contributed by atoms with Gasteiger partial charge in [-0.2, -0.15) is 14.6 Å². The summed E-state index contributed by atoms with van der Waals surface area (Å²) in [6.45, 7) is 3.02. The number of nitrogens with zero attached hydrogens (tertiary/aromatic N) is 6. The maximum atomic E-state index is 14.5. The number of rotatable bonds is 10. The molecule has 2 aromatic heterocycles. The molecule has 6 rings (SSSR count). The van der Waals surface area contributed by atoms with Gasteiger partial charge in [0, 0.05) is 19.7 Å². The van der Waals surface area contributed by atoms with Crippen molar-refractivity contribution in [3.8, 4) is 17.7 Å². The molecule has 2 aromatic carbocycles. The number of carboxylic acids is 1. The summed E-state index contributed by atoms with van der Waals surface area (Å²) in [5.41, 5.74) is 1.88. The van der Waals surface area contributed by atoms with E-state index in [1.54, 1.807) is 18.2 Å². The number of aromatic carboxylic acids is 1. The normalized spacial score (nSPS) is 17.4. The van der Waals surface area contributed by atoms with Crippen LogP contribution < -0.4 is 9.47 Å². The second kappa shape index (κ2) is 12.3. The minimum absolute atomic E-state index is 0.0715. The average Bonchev–Trinajstić information content (AvgIpc) is 3.32. The van der Waals surface area contributed by atoms with Crippen LogP contribution in [-0.4, -0.2) is 67.4 Å². The third kappa shape index (κ3) is 6.40. The fourth-order valence-corrected chi connectivity index (χ4v) is 5.17. The summed E-state index contributed by atoms with van der Waals surface area (Å²) in [4.78, 5) is 26.7. The van der Waals surface area contributed by atoms with Gasteiger partial charge in [0.25, 0.3) is 5.88 Å². The van der Waals surface area contributed by atoms with Gasteiger partial charge in [-0.15, -0.1) is 0 Å². The molecule has 1 atom stereocenters. The smallest absolute Gasteiger partial charge is 0.335 e. The lowest BCUT2D eigenvalue weighted by atomic mass is 10.1. The first-order valence-electron chi connectivity index (χ1n) is 13.9. The van der Waals surface area contributed by atoms with Crippen LogP contribution >= 0.6 is 0 Å². The number of ether oxygens (including phenoxy) is 3. The molecule has 0 radical (unpaired) electrons. The quantitative estimate of drug-likeness (QED) is 0.288. The first kappa shape index (κ1) is 28.4. The Morgan fingerprint density at radius 1 is 1.12 bits per heavy atom. The van der Waals surface area contributed by atoms with Crippen LogP contribution in [0.25, 0.3) is 11.0 Å². The van der Waals surface area contributed by atoms with E-state index >= 15 is 0 Å². The SMILES string of the molecule is N#Cc1ccc(OCc2ncc(F)c(OC3CCN(Cc4nc5ccc(C(=O)O)cc5n4C[C@@H]4CCO4)CC3)n2)c(F)c1. The molecule has 0 unspecified atom stereocenters. The topological polar surface area (TPSA) is 136 Å². The highest BCUT2D eigenvalue weighted by Gasteiger charge is 2.26. The number of hydrogen-bond acceptors (Lipinski definition) is 9. The van der Waals surface area contributed by atoms with Crippen LogP contribution in [0.4, 0.5) is 8.78 Å². The molecule has 0 spiro atoms. The average molecular weight is 591 g/mol. The van der Waals surface area contributed by atoms with Gasteiger partial charge in [0.2, 0.25) is 5.82 Å². The zero-order valence-electron chi connectivity index (χ0n) is 23.1. The molecule has 4 aromatic rings. The number of fused-ring (bicyclic) bond motifs is 1. The fourth-order valence-electron chi connectivity index (χ4n) is 5.17. The van der Waals surface area contributed by atoms with E-state index in [1.165, 1.54) is 12.1 Å². The Morgan fingerprint density at radius 2 is 1.93 bits per heavy atom. The first-order valence-corrected chi connectivity index (χ1v) is 13.9. The number of nitriles is 1. The highest BCUT2D eigenvalue weighted by atomic mass is 19.1. The van der Waals surface area contributed by atoms with Gasteiger partial charge in [-0.3, -0.25) is 4.90 Å². The van der Waals surface area contributed by atoms with Gasteiger partial charge in [-0.25, -0.2) is 19.2 Å². The predicted octanol–water partition coefficient (Wildman–Crippen LogP) is 4.09. The molecule has 0 aliphatic carbocycles. The Balaban J connectivity index is 1.08. The molecule has 222 valence electrons. The molecule has 13 heteroatoms. The lowest BCUT2D eigenvalue weighted by Gasteiger charge is -2.32. The Hall–Kier alpha value is -4.67. The van der Waals surface area contributed by atoms with Crippen molar-refractivity contribution in [3.05, 3.63) is 77.0 Å². The van der Waals surface area contributed by atoms with Crippen molar-refractivity contribution in [1.29, 1.82) is 5.26 Å². The van der Waals surface area contributed by atoms with E-state index in [4.69, 9.17) is 24.5 Å². The van der Waals surface area contributed by atoms with E-state index in [2.05, 4.69) is 19.4 Å². The minimum Gasteiger partial charge on any atom is -0.483 e. The molecule has 2 aliphatic rings. The summed E-state index contributed by atoms with van der Waals surface area (Å²) in [7, 11) is 0. The third-order valence-corrected chi connectivity index (χ3v) is 7.61. The van der Waals surface area contributed by atoms with Gasteiger partial charge < -0.3 is 23.9 Å². The molecule has 0 amide bonds. The molecule has 2 saturated heterocycles. The summed E-state index contributed by atoms with van der Waals surface area (Å²) in [5, 5.41) is 18.4. The third-order valence-electron chi connectivity index (χ3n) is 7.61. The van der Waals surface area contributed by atoms with Crippen LogP contribution in [0.1, 0.15) is 46.8 Å².